The number of piperazine rings is 1. The molecule has 2 heterocycles. The predicted octanol–water partition coefficient (Wildman–Crippen LogP) is 3.13. The van der Waals surface area contributed by atoms with Crippen LogP contribution >= 0.6 is 11.6 Å². The van der Waals surface area contributed by atoms with E-state index in [-0.39, 0.29) is 0 Å². The molecule has 0 atom stereocenters. The first kappa shape index (κ1) is 19.9. The number of nitrogens with zero attached hydrogens (tertiary/aromatic N) is 3. The fraction of sp³-hybridized carbons (Fsp3) is 0.190. The third kappa shape index (κ3) is 4.61. The number of para-hydroxylation sites is 1. The number of nitrogens with two attached hydrogens (primary N) is 1. The highest BCUT2D eigenvalue weighted by Crippen LogP contribution is 2.27. The van der Waals surface area contributed by atoms with Crippen molar-refractivity contribution in [1.82, 2.24) is 15.3 Å². The Hall–Kier alpha value is -3.36. The number of aromatic nitrogens is 2. The summed E-state index contributed by atoms with van der Waals surface area (Å²) in [6.07, 6.45) is 1.51. The van der Waals surface area contributed by atoms with Crippen molar-refractivity contribution < 1.29 is 4.79 Å². The van der Waals surface area contributed by atoms with Crippen LogP contribution in [0.15, 0.2) is 54.7 Å². The van der Waals surface area contributed by atoms with Gasteiger partial charge >= 0.3 is 0 Å². The van der Waals surface area contributed by atoms with E-state index in [0.29, 0.717) is 28.0 Å². The lowest BCUT2D eigenvalue weighted by Gasteiger charge is -2.29. The molecule has 5 N–H and O–H groups in total. The van der Waals surface area contributed by atoms with Crippen LogP contribution in [0.1, 0.15) is 10.4 Å². The fourth-order valence-electron chi connectivity index (χ4n) is 3.28. The van der Waals surface area contributed by atoms with E-state index in [2.05, 4.69) is 43.0 Å². The number of primary amides is 1. The highest BCUT2D eigenvalue weighted by atomic mass is 35.5. The van der Waals surface area contributed by atoms with Crippen LogP contribution in [0.3, 0.4) is 0 Å². The van der Waals surface area contributed by atoms with Gasteiger partial charge in [0.2, 0.25) is 5.95 Å². The lowest BCUT2D eigenvalue weighted by Crippen LogP contribution is -2.43. The summed E-state index contributed by atoms with van der Waals surface area (Å²) >= 11 is 6.26. The van der Waals surface area contributed by atoms with Gasteiger partial charge in [-0.15, -0.1) is 0 Å². The van der Waals surface area contributed by atoms with Crippen molar-refractivity contribution in [3.8, 4) is 0 Å². The Morgan fingerprint density at radius 2 is 1.90 bits per heavy atom. The molecular formula is C21H22ClN7O. The summed E-state index contributed by atoms with van der Waals surface area (Å²) in [6.45, 7) is 3.88. The second-order valence-electron chi connectivity index (χ2n) is 6.84. The molecule has 0 saturated carbocycles. The Morgan fingerprint density at radius 3 is 2.70 bits per heavy atom. The van der Waals surface area contributed by atoms with Crippen LogP contribution in [0.4, 0.5) is 28.8 Å². The van der Waals surface area contributed by atoms with Crippen LogP contribution in [-0.2, 0) is 0 Å². The van der Waals surface area contributed by atoms with Crippen LogP contribution in [0.2, 0.25) is 5.02 Å². The Kier molecular flexibility index (Phi) is 5.97. The molecule has 4 rings (SSSR count). The lowest BCUT2D eigenvalue weighted by molar-refractivity contribution is 0.100. The average Bonchev–Trinajstić information content (AvgIpc) is 2.77. The minimum Gasteiger partial charge on any atom is -0.369 e. The van der Waals surface area contributed by atoms with Crippen LogP contribution in [0.25, 0.3) is 0 Å². The Balaban J connectivity index is 1.55. The summed E-state index contributed by atoms with van der Waals surface area (Å²) in [5.41, 5.74) is 8.34. The van der Waals surface area contributed by atoms with Crippen molar-refractivity contribution >= 4 is 46.3 Å². The monoisotopic (exact) mass is 423 g/mol. The molecule has 1 aliphatic rings. The summed E-state index contributed by atoms with van der Waals surface area (Å²) in [5, 5.41) is 9.98. The number of carbonyl (C=O) groups excluding carboxylic acids is 1. The van der Waals surface area contributed by atoms with Gasteiger partial charge in [-0.2, -0.15) is 4.98 Å². The Morgan fingerprint density at radius 1 is 1.10 bits per heavy atom. The minimum atomic E-state index is -0.536. The molecule has 1 aliphatic heterocycles. The molecule has 9 heteroatoms. The number of hydrogen-bond acceptors (Lipinski definition) is 7. The average molecular weight is 424 g/mol. The number of rotatable bonds is 6. The summed E-state index contributed by atoms with van der Waals surface area (Å²) in [7, 11) is 0. The number of halogens is 1. The van der Waals surface area contributed by atoms with Crippen LogP contribution in [0.5, 0.6) is 0 Å². The first-order valence-corrected chi connectivity index (χ1v) is 9.99. The molecular weight excluding hydrogens is 402 g/mol. The van der Waals surface area contributed by atoms with E-state index < -0.39 is 5.91 Å². The molecule has 8 nitrogen and oxygen atoms in total. The van der Waals surface area contributed by atoms with E-state index in [9.17, 15) is 4.79 Å². The molecule has 30 heavy (non-hydrogen) atoms. The summed E-state index contributed by atoms with van der Waals surface area (Å²) in [4.78, 5) is 22.7. The summed E-state index contributed by atoms with van der Waals surface area (Å²) in [5.74, 6) is 0.225. The summed E-state index contributed by atoms with van der Waals surface area (Å²) in [6, 6.07) is 15.0. The summed E-state index contributed by atoms with van der Waals surface area (Å²) < 4.78 is 0. The molecule has 1 aromatic heterocycles. The quantitative estimate of drug-likeness (QED) is 0.482. The van der Waals surface area contributed by atoms with Gasteiger partial charge in [-0.3, -0.25) is 4.79 Å². The van der Waals surface area contributed by atoms with Crippen molar-refractivity contribution in [2.45, 2.75) is 0 Å². The zero-order valence-corrected chi connectivity index (χ0v) is 17.0. The van der Waals surface area contributed by atoms with Gasteiger partial charge in [-0.05, 0) is 30.3 Å². The van der Waals surface area contributed by atoms with Gasteiger partial charge in [0.05, 0.1) is 17.4 Å². The standard InChI is InChI=1S/C21H22ClN7O/c22-17-13-25-21(28-20(17)27-18-7-2-1-6-16(18)19(23)30)26-14-4-3-5-15(12-14)29-10-8-24-9-11-29/h1-7,12-13,24H,8-11H2,(H2,23,30)(H2,25,26,27,28). The number of amides is 1. The first-order valence-electron chi connectivity index (χ1n) is 9.61. The Labute approximate surface area is 179 Å². The maximum absolute atomic E-state index is 11.7. The van der Waals surface area contributed by atoms with E-state index in [0.717, 1.165) is 37.6 Å². The molecule has 0 radical (unpaired) electrons. The highest BCUT2D eigenvalue weighted by Gasteiger charge is 2.13. The third-order valence-electron chi connectivity index (χ3n) is 4.77. The predicted molar refractivity (Wildman–Crippen MR) is 120 cm³/mol. The molecule has 1 saturated heterocycles. The van der Waals surface area contributed by atoms with Crippen LogP contribution in [-0.4, -0.2) is 42.1 Å². The van der Waals surface area contributed by atoms with Gasteiger partial charge in [0.1, 0.15) is 5.02 Å². The van der Waals surface area contributed by atoms with Gasteiger partial charge in [0.15, 0.2) is 5.82 Å². The molecule has 0 bridgehead atoms. The lowest BCUT2D eigenvalue weighted by atomic mass is 10.1. The smallest absolute Gasteiger partial charge is 0.250 e. The first-order chi connectivity index (χ1) is 14.6. The van der Waals surface area contributed by atoms with Crippen molar-refractivity contribution in [3.63, 3.8) is 0 Å². The number of benzene rings is 2. The Bertz CT molecular complexity index is 1050. The maximum atomic E-state index is 11.7. The molecule has 0 unspecified atom stereocenters. The number of carbonyl (C=O) groups is 1. The molecule has 3 aromatic rings. The highest BCUT2D eigenvalue weighted by molar-refractivity contribution is 6.33. The van der Waals surface area contributed by atoms with Crippen molar-refractivity contribution in [3.05, 3.63) is 65.3 Å². The third-order valence-corrected chi connectivity index (χ3v) is 5.05. The number of anilines is 5. The van der Waals surface area contributed by atoms with Gasteiger partial charge in [0.25, 0.3) is 5.91 Å². The van der Waals surface area contributed by atoms with E-state index in [4.69, 9.17) is 17.3 Å². The topological polar surface area (TPSA) is 108 Å². The second-order valence-corrected chi connectivity index (χ2v) is 7.24. The van der Waals surface area contributed by atoms with Gasteiger partial charge in [-0.1, -0.05) is 29.8 Å². The van der Waals surface area contributed by atoms with Gasteiger partial charge in [0, 0.05) is 37.6 Å². The van der Waals surface area contributed by atoms with E-state index >= 15 is 0 Å². The molecule has 154 valence electrons. The molecule has 2 aromatic carbocycles. The molecule has 0 aliphatic carbocycles. The van der Waals surface area contributed by atoms with Crippen molar-refractivity contribution in [2.24, 2.45) is 5.73 Å². The number of nitrogens with one attached hydrogen (secondary N) is 3. The minimum absolute atomic E-state index is 0.328. The molecule has 1 amide bonds. The fourth-order valence-corrected chi connectivity index (χ4v) is 3.42. The second kappa shape index (κ2) is 8.98. The largest absolute Gasteiger partial charge is 0.369 e. The van der Waals surface area contributed by atoms with Crippen molar-refractivity contribution in [1.29, 1.82) is 0 Å². The normalized spacial score (nSPS) is 13.7. The van der Waals surface area contributed by atoms with Crippen LogP contribution in [0, 0.1) is 0 Å². The van der Waals surface area contributed by atoms with Crippen molar-refractivity contribution in [2.75, 3.05) is 41.7 Å². The maximum Gasteiger partial charge on any atom is 0.250 e. The van der Waals surface area contributed by atoms with E-state index in [1.165, 1.54) is 6.20 Å². The van der Waals surface area contributed by atoms with Gasteiger partial charge < -0.3 is 26.6 Å². The zero-order chi connectivity index (χ0) is 20.9. The van der Waals surface area contributed by atoms with Crippen LogP contribution < -0.4 is 26.6 Å². The molecule has 0 spiro atoms. The van der Waals surface area contributed by atoms with E-state index in [1.807, 2.05) is 12.1 Å². The van der Waals surface area contributed by atoms with E-state index in [1.54, 1.807) is 24.3 Å². The van der Waals surface area contributed by atoms with Gasteiger partial charge in [-0.25, -0.2) is 4.98 Å². The molecule has 1 fully saturated rings. The number of hydrogen-bond donors (Lipinski definition) is 4. The zero-order valence-electron chi connectivity index (χ0n) is 16.2. The SMILES string of the molecule is NC(=O)c1ccccc1Nc1nc(Nc2cccc(N3CCNCC3)c2)ncc1Cl.